The van der Waals surface area contributed by atoms with Gasteiger partial charge in [-0.25, -0.2) is 0 Å². The Labute approximate surface area is 169 Å². The zero-order valence-electron chi connectivity index (χ0n) is 16.1. The summed E-state index contributed by atoms with van der Waals surface area (Å²) in [5, 5.41) is 6.48. The van der Waals surface area contributed by atoms with Gasteiger partial charge in [-0.1, -0.05) is 6.92 Å². The third kappa shape index (κ3) is 10.1. The molecule has 13 nitrogen and oxygen atoms in total. The van der Waals surface area contributed by atoms with Gasteiger partial charge in [0.15, 0.2) is 5.40 Å². The first-order chi connectivity index (χ1) is 13.1. The van der Waals surface area contributed by atoms with Gasteiger partial charge < -0.3 is 34.5 Å². The first-order valence-corrected chi connectivity index (χ1v) is 14.3. The average Bonchev–Trinajstić information content (AvgIpc) is 2.62. The molecule has 1 aliphatic rings. The Hall–Kier alpha value is -0.160. The molecule has 0 aromatic rings. The fourth-order valence-corrected chi connectivity index (χ4v) is 9.36. The predicted molar refractivity (Wildman–Crippen MR) is 105 cm³/mol. The van der Waals surface area contributed by atoms with Crippen LogP contribution >= 0.6 is 22.6 Å². The number of nitrogens with zero attached hydrogens (tertiary/aromatic N) is 3. The maximum absolute atomic E-state index is 12.6. The number of rotatable bonds is 9. The fraction of sp³-hybridized carbons (Fsp3) is 0.923. The van der Waals surface area contributed by atoms with E-state index in [4.69, 9.17) is 5.11 Å². The Bertz CT molecular complexity index is 674. The summed E-state index contributed by atoms with van der Waals surface area (Å²) in [7, 11) is -15.0. The zero-order valence-corrected chi connectivity index (χ0v) is 18.8. The minimum Gasteiger partial charge on any atom is -0.480 e. The molecule has 16 heteroatoms. The first-order valence-electron chi connectivity index (χ1n) is 8.94. The van der Waals surface area contributed by atoms with Crippen LogP contribution in [0, 0.1) is 0 Å². The van der Waals surface area contributed by atoms with E-state index in [2.05, 4.69) is 0 Å². The van der Waals surface area contributed by atoms with Gasteiger partial charge in [0.2, 0.25) is 7.37 Å². The SMILES string of the molecule is CCN1CCN(CC(=O)O)CCN(CP(=O)(O)CC(P(=O)(O)O)P(=O)(O)O)CC1. The second kappa shape index (κ2) is 10.9. The summed E-state index contributed by atoms with van der Waals surface area (Å²) in [6.45, 7) is 4.93. The molecule has 1 rings (SSSR count). The summed E-state index contributed by atoms with van der Waals surface area (Å²) >= 11 is 0. The summed E-state index contributed by atoms with van der Waals surface area (Å²) < 4.78 is 35.4. The first kappa shape index (κ1) is 26.9. The predicted octanol–water partition coefficient (Wildman–Crippen LogP) is -1.08. The highest BCUT2D eigenvalue weighted by Crippen LogP contribution is 2.64. The molecule has 0 saturated carbocycles. The van der Waals surface area contributed by atoms with Crippen molar-refractivity contribution in [3.8, 4) is 0 Å². The summed E-state index contributed by atoms with van der Waals surface area (Å²) in [6, 6.07) is 0. The van der Waals surface area contributed by atoms with Crippen LogP contribution in [0.2, 0.25) is 0 Å². The Morgan fingerprint density at radius 3 is 1.62 bits per heavy atom. The van der Waals surface area contributed by atoms with Crippen LogP contribution < -0.4 is 0 Å². The van der Waals surface area contributed by atoms with Gasteiger partial charge in [-0.05, 0) is 6.54 Å². The van der Waals surface area contributed by atoms with E-state index in [1.54, 1.807) is 9.80 Å². The van der Waals surface area contributed by atoms with E-state index in [0.717, 1.165) is 0 Å². The largest absolute Gasteiger partial charge is 0.480 e. The lowest BCUT2D eigenvalue weighted by Crippen LogP contribution is -2.39. The normalized spacial score (nSPS) is 21.3. The van der Waals surface area contributed by atoms with E-state index in [0.29, 0.717) is 39.3 Å². The maximum Gasteiger partial charge on any atom is 0.341 e. The van der Waals surface area contributed by atoms with Gasteiger partial charge in [0.1, 0.15) is 0 Å². The number of likely N-dealkylation sites (N-methyl/N-ethyl adjacent to an activating group) is 1. The summed E-state index contributed by atoms with van der Waals surface area (Å²) in [5.74, 6) is -1.00. The standard InChI is InChI=1S/C13H30N3O10P3/c1-2-14-3-5-15(9-12(17)18)6-8-16(7-4-14)11-27(19,20)10-13(28(21,22)23)29(24,25)26/h13H,2-11H2,1H3,(H,17,18)(H,19,20)(H2,21,22,23)(H2,24,25,26). The smallest absolute Gasteiger partial charge is 0.341 e. The van der Waals surface area contributed by atoms with Crippen LogP contribution in [0.4, 0.5) is 0 Å². The van der Waals surface area contributed by atoms with Crippen LogP contribution in [0.1, 0.15) is 6.92 Å². The molecule has 29 heavy (non-hydrogen) atoms. The van der Waals surface area contributed by atoms with Gasteiger partial charge in [0.05, 0.1) is 19.0 Å². The highest BCUT2D eigenvalue weighted by Gasteiger charge is 2.47. The molecule has 1 aliphatic heterocycles. The molecule has 1 fully saturated rings. The van der Waals surface area contributed by atoms with E-state index >= 15 is 0 Å². The van der Waals surface area contributed by atoms with Crippen LogP contribution in [0.25, 0.3) is 0 Å². The van der Waals surface area contributed by atoms with Crippen molar-refractivity contribution in [1.29, 1.82) is 0 Å². The molecule has 0 aromatic heterocycles. The topological polar surface area (TPSA) is 199 Å². The van der Waals surface area contributed by atoms with Crippen molar-refractivity contribution in [2.45, 2.75) is 12.3 Å². The van der Waals surface area contributed by atoms with Crippen molar-refractivity contribution in [3.05, 3.63) is 0 Å². The number of carbonyl (C=O) groups is 1. The summed E-state index contributed by atoms with van der Waals surface area (Å²) in [5.41, 5.74) is 0. The summed E-state index contributed by atoms with van der Waals surface area (Å²) in [4.78, 5) is 63.3. The average molecular weight is 481 g/mol. The second-order valence-corrected chi connectivity index (χ2v) is 13.4. The lowest BCUT2D eigenvalue weighted by molar-refractivity contribution is -0.138. The molecule has 1 heterocycles. The van der Waals surface area contributed by atoms with Crippen molar-refractivity contribution in [2.75, 3.05) is 64.8 Å². The van der Waals surface area contributed by atoms with E-state index in [1.165, 1.54) is 0 Å². The highest BCUT2D eigenvalue weighted by molar-refractivity contribution is 7.72. The lowest BCUT2D eigenvalue weighted by Gasteiger charge is -2.29. The van der Waals surface area contributed by atoms with Gasteiger partial charge in [-0.3, -0.25) is 28.3 Å². The zero-order chi connectivity index (χ0) is 22.5. The van der Waals surface area contributed by atoms with Gasteiger partial charge in [0.25, 0.3) is 0 Å². The molecule has 1 saturated heterocycles. The van der Waals surface area contributed by atoms with Crippen LogP contribution in [0.3, 0.4) is 0 Å². The van der Waals surface area contributed by atoms with Crippen LogP contribution in [-0.2, 0) is 18.5 Å². The van der Waals surface area contributed by atoms with Crippen LogP contribution in [0.5, 0.6) is 0 Å². The molecule has 1 unspecified atom stereocenters. The molecule has 172 valence electrons. The molecule has 0 aromatic carbocycles. The van der Waals surface area contributed by atoms with Crippen LogP contribution in [0.15, 0.2) is 0 Å². The quantitative estimate of drug-likeness (QED) is 0.218. The van der Waals surface area contributed by atoms with Crippen molar-refractivity contribution in [2.24, 2.45) is 0 Å². The third-order valence-electron chi connectivity index (χ3n) is 4.65. The highest BCUT2D eigenvalue weighted by atomic mass is 31.2. The van der Waals surface area contributed by atoms with E-state index < -0.39 is 46.4 Å². The minimum atomic E-state index is -5.31. The minimum absolute atomic E-state index is 0.194. The molecule has 0 amide bonds. The molecule has 0 bridgehead atoms. The van der Waals surface area contributed by atoms with Crippen molar-refractivity contribution in [3.63, 3.8) is 0 Å². The Morgan fingerprint density at radius 1 is 0.828 bits per heavy atom. The number of aliphatic carboxylic acids is 1. The van der Waals surface area contributed by atoms with Crippen molar-refractivity contribution >= 4 is 28.5 Å². The maximum atomic E-state index is 12.6. The second-order valence-electron chi connectivity index (χ2n) is 7.05. The molecule has 6 N–H and O–H groups in total. The molecular formula is C13H30N3O10P3. The molecule has 1 atom stereocenters. The number of carboxylic acids is 1. The third-order valence-corrected chi connectivity index (χ3v) is 10.7. The molecule has 0 spiro atoms. The molecule has 0 aliphatic carbocycles. The van der Waals surface area contributed by atoms with Gasteiger partial charge >= 0.3 is 21.2 Å². The lowest BCUT2D eigenvalue weighted by atomic mass is 10.4. The van der Waals surface area contributed by atoms with E-state index in [9.17, 15) is 43.0 Å². The Morgan fingerprint density at radius 2 is 1.24 bits per heavy atom. The number of carboxylic acid groups (broad SMARTS) is 1. The van der Waals surface area contributed by atoms with Crippen LogP contribution in [-0.4, -0.2) is 120 Å². The fourth-order valence-electron chi connectivity index (χ4n) is 3.03. The molecule has 0 radical (unpaired) electrons. The summed E-state index contributed by atoms with van der Waals surface area (Å²) in [6.07, 6.45) is -1.73. The number of hydrogen-bond acceptors (Lipinski definition) is 7. The number of hydrogen-bond donors (Lipinski definition) is 6. The monoisotopic (exact) mass is 481 g/mol. The molecular weight excluding hydrogens is 451 g/mol. The van der Waals surface area contributed by atoms with Crippen molar-refractivity contribution < 1.29 is 48.1 Å². The van der Waals surface area contributed by atoms with Gasteiger partial charge in [-0.15, -0.1) is 0 Å². The van der Waals surface area contributed by atoms with Gasteiger partial charge in [0, 0.05) is 39.3 Å². The Balaban J connectivity index is 2.92. The van der Waals surface area contributed by atoms with Gasteiger partial charge in [-0.2, -0.15) is 0 Å². The Kier molecular flexibility index (Phi) is 10.1. The van der Waals surface area contributed by atoms with Crippen molar-refractivity contribution in [1.82, 2.24) is 14.7 Å². The van der Waals surface area contributed by atoms with E-state index in [1.807, 2.05) is 11.8 Å². The van der Waals surface area contributed by atoms with E-state index in [-0.39, 0.29) is 13.1 Å².